The van der Waals surface area contributed by atoms with Gasteiger partial charge in [0.25, 0.3) is 15.9 Å². The molecule has 3 aliphatic rings. The first kappa shape index (κ1) is 36.7. The highest BCUT2D eigenvalue weighted by atomic mass is 32.2. The number of hydrogen-bond donors (Lipinski definition) is 3. The summed E-state index contributed by atoms with van der Waals surface area (Å²) >= 11 is 0.946. The molecule has 21 heteroatoms. The van der Waals surface area contributed by atoms with Gasteiger partial charge < -0.3 is 15.0 Å². The monoisotopic (exact) mass is 770 g/mol. The van der Waals surface area contributed by atoms with E-state index in [0.29, 0.717) is 24.2 Å². The van der Waals surface area contributed by atoms with Gasteiger partial charge in [-0.25, -0.2) is 25.6 Å². The summed E-state index contributed by atoms with van der Waals surface area (Å²) in [4.78, 5) is 43.8. The molecule has 3 heterocycles. The van der Waals surface area contributed by atoms with Gasteiger partial charge in [-0.3, -0.25) is 19.1 Å². The number of ether oxygens (including phenoxy) is 1. The molecule has 3 fully saturated rings. The third kappa shape index (κ3) is 7.47. The molecular weight excluding hydrogens is 735 g/mol. The zero-order valence-electron chi connectivity index (χ0n) is 27.6. The Morgan fingerprint density at radius 2 is 1.78 bits per heavy atom. The van der Waals surface area contributed by atoms with E-state index in [-0.39, 0.29) is 23.0 Å². The maximum atomic E-state index is 14.2. The number of carbonyl (C=O) groups is 3. The number of nitrogens with one attached hydrogen (secondary N) is 3. The number of rotatable bonds is 14. The Bertz CT molecular complexity index is 2010. The Hall–Kier alpha value is -4.08. The van der Waals surface area contributed by atoms with Crippen LogP contribution in [0, 0.1) is 11.8 Å². The van der Waals surface area contributed by atoms with Crippen molar-refractivity contribution in [1.29, 1.82) is 0 Å². The molecule has 51 heavy (non-hydrogen) atoms. The lowest BCUT2D eigenvalue weighted by Crippen LogP contribution is -2.59. The van der Waals surface area contributed by atoms with Crippen LogP contribution in [0.1, 0.15) is 45.6 Å². The lowest BCUT2D eigenvalue weighted by Gasteiger charge is -2.31. The van der Waals surface area contributed by atoms with Crippen LogP contribution >= 0.6 is 11.3 Å². The van der Waals surface area contributed by atoms with Crippen LogP contribution in [0.3, 0.4) is 0 Å². The molecule has 3 aromatic rings. The second-order valence-corrected chi connectivity index (χ2v) is 18.0. The Balaban J connectivity index is 1.29. The van der Waals surface area contributed by atoms with Crippen LogP contribution < -0.4 is 19.5 Å². The van der Waals surface area contributed by atoms with E-state index in [1.165, 1.54) is 24.0 Å². The zero-order valence-corrected chi connectivity index (χ0v) is 30.1. The number of sulfonamides is 2. The summed E-state index contributed by atoms with van der Waals surface area (Å²) in [5, 5.41) is 15.7. The lowest BCUT2D eigenvalue weighted by atomic mass is 10.0. The van der Waals surface area contributed by atoms with Crippen LogP contribution in [-0.4, -0.2) is 103 Å². The van der Waals surface area contributed by atoms with Gasteiger partial charge in [-0.2, -0.15) is 9.52 Å². The summed E-state index contributed by atoms with van der Waals surface area (Å²) in [6.45, 7) is 3.01. The van der Waals surface area contributed by atoms with Crippen LogP contribution in [-0.2, 0) is 34.4 Å². The molecule has 3 N–H and O–H groups in total. The van der Waals surface area contributed by atoms with Crippen molar-refractivity contribution in [2.75, 3.05) is 13.7 Å². The Labute approximate surface area is 296 Å². The van der Waals surface area contributed by atoms with Crippen molar-refractivity contribution in [3.8, 4) is 17.1 Å². The number of tetrazole rings is 1. The van der Waals surface area contributed by atoms with E-state index in [1.807, 2.05) is 4.72 Å². The minimum Gasteiger partial charge on any atom is -0.497 e. The summed E-state index contributed by atoms with van der Waals surface area (Å²) in [5.74, 6) is -4.56. The van der Waals surface area contributed by atoms with Gasteiger partial charge in [0.2, 0.25) is 34.1 Å². The number of benzene rings is 1. The SMILES string of the molecule is COc1ccc(-c2nnn([C@@H]3CC(C(=O)N[C@]4(C(=O)NS(=O)(=O)C5CC5)C[C@H]4C(F)F)N(C(=O)[C@@H](NS(=O)(=O)c4cccs4)C(C)C)C3)n2)cc1. The topological polar surface area (TPSA) is 212 Å². The molecule has 2 aliphatic carbocycles. The van der Waals surface area contributed by atoms with Crippen LogP contribution in [0.4, 0.5) is 8.78 Å². The highest BCUT2D eigenvalue weighted by molar-refractivity contribution is 7.91. The molecule has 2 aromatic heterocycles. The van der Waals surface area contributed by atoms with Gasteiger partial charge in [0.15, 0.2) is 0 Å². The number of alkyl halides is 2. The third-order valence-electron chi connectivity index (χ3n) is 9.21. The fourth-order valence-electron chi connectivity index (χ4n) is 6.04. The van der Waals surface area contributed by atoms with Crippen LogP contribution in [0.2, 0.25) is 0 Å². The second-order valence-electron chi connectivity index (χ2n) is 13.1. The minimum absolute atomic E-state index is 0.0340. The van der Waals surface area contributed by atoms with Crippen molar-refractivity contribution in [3.63, 3.8) is 0 Å². The van der Waals surface area contributed by atoms with E-state index in [2.05, 4.69) is 25.4 Å². The Kier molecular flexibility index (Phi) is 9.94. The van der Waals surface area contributed by atoms with Crippen LogP contribution in [0.15, 0.2) is 46.0 Å². The summed E-state index contributed by atoms with van der Waals surface area (Å²) in [5.41, 5.74) is -1.66. The summed E-state index contributed by atoms with van der Waals surface area (Å²) in [7, 11) is -6.79. The fourth-order valence-corrected chi connectivity index (χ4v) is 9.75. The van der Waals surface area contributed by atoms with Crippen molar-refractivity contribution >= 4 is 49.1 Å². The second kappa shape index (κ2) is 13.8. The molecule has 2 saturated carbocycles. The van der Waals surface area contributed by atoms with Crippen LogP contribution in [0.25, 0.3) is 11.4 Å². The summed E-state index contributed by atoms with van der Waals surface area (Å²) in [6, 6.07) is 6.13. The van der Waals surface area contributed by atoms with Gasteiger partial charge in [0.1, 0.15) is 27.6 Å². The van der Waals surface area contributed by atoms with E-state index < -0.39 is 91.4 Å². The maximum Gasteiger partial charge on any atom is 0.259 e. The predicted molar refractivity (Wildman–Crippen MR) is 177 cm³/mol. The molecule has 276 valence electrons. The first-order valence-corrected chi connectivity index (χ1v) is 19.9. The average Bonchev–Trinajstić information content (AvgIpc) is 3.84. The van der Waals surface area contributed by atoms with E-state index in [1.54, 1.807) is 43.5 Å². The normalized spacial score (nSPS) is 24.1. The largest absolute Gasteiger partial charge is 0.497 e. The smallest absolute Gasteiger partial charge is 0.259 e. The van der Waals surface area contributed by atoms with Crippen molar-refractivity contribution in [1.82, 2.24) is 39.9 Å². The molecule has 0 bridgehead atoms. The Morgan fingerprint density at radius 1 is 1.08 bits per heavy atom. The molecule has 1 aliphatic heterocycles. The maximum absolute atomic E-state index is 14.2. The van der Waals surface area contributed by atoms with E-state index >= 15 is 0 Å². The first-order valence-electron chi connectivity index (χ1n) is 16.0. The standard InChI is InChI=1S/C30H36F2N8O8S3/c1-16(2)24(36-51(46,47)23-5-4-12-49-23)28(42)39-15-18(40-35-26(34-38-40)17-6-8-19(48-3)9-7-17)13-22(39)27(41)33-30(14-21(30)25(31)32)29(43)37-50(44,45)20-10-11-20/h4-9,12,16,18,20-22,24-25,36H,10-11,13-15H2,1-3H3,(H,33,41)(H,37,43)/t18-,21+,22?,24+,30-/m1/s1. The molecule has 5 atom stereocenters. The first-order chi connectivity index (χ1) is 24.1. The highest BCUT2D eigenvalue weighted by Crippen LogP contribution is 2.48. The number of hydrogen-bond acceptors (Lipinski definition) is 12. The summed E-state index contributed by atoms with van der Waals surface area (Å²) < 4.78 is 88.9. The number of methoxy groups -OCH3 is 1. The molecule has 1 saturated heterocycles. The van der Waals surface area contributed by atoms with Crippen LogP contribution in [0.5, 0.6) is 5.75 Å². The number of carbonyl (C=O) groups excluding carboxylic acids is 3. The van der Waals surface area contributed by atoms with Gasteiger partial charge in [-0.15, -0.1) is 21.5 Å². The molecule has 3 amide bonds. The number of thiophene rings is 1. The lowest BCUT2D eigenvalue weighted by molar-refractivity contribution is -0.141. The number of nitrogens with zero attached hydrogens (tertiary/aromatic N) is 5. The molecule has 1 unspecified atom stereocenters. The minimum atomic E-state index is -4.16. The molecule has 6 rings (SSSR count). The van der Waals surface area contributed by atoms with Crippen molar-refractivity contribution in [2.24, 2.45) is 11.8 Å². The van der Waals surface area contributed by atoms with E-state index in [0.717, 1.165) is 16.2 Å². The van der Waals surface area contributed by atoms with E-state index in [9.17, 15) is 40.0 Å². The molecule has 16 nitrogen and oxygen atoms in total. The molecule has 1 aromatic carbocycles. The van der Waals surface area contributed by atoms with Gasteiger partial charge >= 0.3 is 0 Å². The molecular formula is C30H36F2N8O8S3. The highest BCUT2D eigenvalue weighted by Gasteiger charge is 2.66. The summed E-state index contributed by atoms with van der Waals surface area (Å²) in [6.07, 6.45) is -3.15. The molecule has 0 spiro atoms. The third-order valence-corrected chi connectivity index (χ3v) is 13.9. The molecule has 0 radical (unpaired) electrons. The Morgan fingerprint density at radius 3 is 2.35 bits per heavy atom. The number of amides is 3. The number of aromatic nitrogens is 4. The van der Waals surface area contributed by atoms with E-state index in [4.69, 9.17) is 4.74 Å². The van der Waals surface area contributed by atoms with Crippen molar-refractivity contribution < 1.29 is 44.7 Å². The van der Waals surface area contributed by atoms with Gasteiger partial charge in [-0.05, 0) is 66.1 Å². The van der Waals surface area contributed by atoms with Gasteiger partial charge in [0, 0.05) is 18.5 Å². The number of likely N-dealkylation sites (tertiary alicyclic amines) is 1. The number of halogens is 2. The zero-order chi connectivity index (χ0) is 36.9. The van der Waals surface area contributed by atoms with Gasteiger partial charge in [0.05, 0.1) is 24.3 Å². The fraction of sp³-hybridized carbons (Fsp3) is 0.533. The quantitative estimate of drug-likeness (QED) is 0.213. The van der Waals surface area contributed by atoms with Gasteiger partial charge in [-0.1, -0.05) is 19.9 Å². The predicted octanol–water partition coefficient (Wildman–Crippen LogP) is 1.30. The van der Waals surface area contributed by atoms with Crippen molar-refractivity contribution in [2.45, 2.75) is 79.1 Å². The average molecular weight is 771 g/mol. The van der Waals surface area contributed by atoms with Crippen molar-refractivity contribution in [3.05, 3.63) is 41.8 Å².